The second-order valence-electron chi connectivity index (χ2n) is 6.63. The summed E-state index contributed by atoms with van der Waals surface area (Å²) in [4.78, 5) is 30.2. The van der Waals surface area contributed by atoms with Crippen LogP contribution in [0.3, 0.4) is 0 Å². The first-order chi connectivity index (χ1) is 9.92. The molecule has 1 heterocycles. The number of nitrogens with zero attached hydrogens (tertiary/aromatic N) is 3. The van der Waals surface area contributed by atoms with Crippen LogP contribution in [0.4, 0.5) is 0 Å². The molecule has 120 valence electrons. The van der Waals surface area contributed by atoms with E-state index in [0.717, 1.165) is 25.7 Å². The first-order valence-corrected chi connectivity index (χ1v) is 7.93. The average Bonchev–Trinajstić information content (AvgIpc) is 2.46. The van der Waals surface area contributed by atoms with Crippen LogP contribution in [0.2, 0.25) is 0 Å². The molecule has 2 amide bonds. The van der Waals surface area contributed by atoms with Gasteiger partial charge in [-0.05, 0) is 26.9 Å². The lowest BCUT2D eigenvalue weighted by Crippen LogP contribution is -2.61. The minimum absolute atomic E-state index is 0.0851. The van der Waals surface area contributed by atoms with Gasteiger partial charge in [-0.25, -0.2) is 0 Å². The van der Waals surface area contributed by atoms with Gasteiger partial charge in [0.05, 0.1) is 12.1 Å². The van der Waals surface area contributed by atoms with E-state index in [0.29, 0.717) is 32.7 Å². The summed E-state index contributed by atoms with van der Waals surface area (Å²) < 4.78 is 0. The van der Waals surface area contributed by atoms with Crippen LogP contribution in [-0.2, 0) is 9.59 Å². The minimum atomic E-state index is -0.659. The van der Waals surface area contributed by atoms with Gasteiger partial charge >= 0.3 is 0 Å². The lowest BCUT2D eigenvalue weighted by molar-refractivity contribution is -0.144. The molecule has 2 aliphatic rings. The van der Waals surface area contributed by atoms with Crippen LogP contribution >= 0.6 is 0 Å². The van der Waals surface area contributed by atoms with Crippen molar-refractivity contribution in [3.8, 4) is 0 Å². The number of likely N-dealkylation sites (N-methyl/N-ethyl adjacent to an activating group) is 1. The van der Waals surface area contributed by atoms with E-state index >= 15 is 0 Å². The normalized spacial score (nSPS) is 22.5. The van der Waals surface area contributed by atoms with Crippen LogP contribution in [0.15, 0.2) is 0 Å². The molecule has 1 saturated heterocycles. The van der Waals surface area contributed by atoms with Crippen molar-refractivity contribution in [3.05, 3.63) is 0 Å². The highest BCUT2D eigenvalue weighted by molar-refractivity contribution is 5.86. The Morgan fingerprint density at radius 3 is 2.05 bits per heavy atom. The molecule has 21 heavy (non-hydrogen) atoms. The zero-order valence-electron chi connectivity index (χ0n) is 13.3. The van der Waals surface area contributed by atoms with Crippen LogP contribution < -0.4 is 5.73 Å². The van der Waals surface area contributed by atoms with Gasteiger partial charge in [0.25, 0.3) is 0 Å². The second kappa shape index (κ2) is 6.75. The molecule has 2 rings (SSSR count). The fraction of sp³-hybridized carbons (Fsp3) is 0.867. The van der Waals surface area contributed by atoms with Crippen molar-refractivity contribution in [2.24, 2.45) is 5.73 Å². The zero-order chi connectivity index (χ0) is 15.5. The number of hydrogen-bond donors (Lipinski definition) is 1. The number of carbonyl (C=O) groups excluding carboxylic acids is 2. The van der Waals surface area contributed by atoms with Gasteiger partial charge in [-0.2, -0.15) is 0 Å². The van der Waals surface area contributed by atoms with Crippen LogP contribution in [0.25, 0.3) is 0 Å². The first kappa shape index (κ1) is 16.2. The highest BCUT2D eigenvalue weighted by Gasteiger charge is 2.39. The van der Waals surface area contributed by atoms with E-state index in [-0.39, 0.29) is 11.8 Å². The zero-order valence-corrected chi connectivity index (χ0v) is 13.3. The summed E-state index contributed by atoms with van der Waals surface area (Å²) in [6.07, 6.45) is 4.86. The summed E-state index contributed by atoms with van der Waals surface area (Å²) in [6.45, 7) is 2.88. The van der Waals surface area contributed by atoms with E-state index < -0.39 is 5.54 Å². The van der Waals surface area contributed by atoms with E-state index in [1.54, 1.807) is 0 Å². The Labute approximate surface area is 127 Å². The van der Waals surface area contributed by atoms with Crippen LogP contribution in [0.1, 0.15) is 32.1 Å². The first-order valence-electron chi connectivity index (χ1n) is 7.93. The Kier molecular flexibility index (Phi) is 5.22. The molecule has 0 aromatic carbocycles. The van der Waals surface area contributed by atoms with Gasteiger partial charge in [-0.15, -0.1) is 0 Å². The smallest absolute Gasteiger partial charge is 0.242 e. The fourth-order valence-electron chi connectivity index (χ4n) is 3.24. The van der Waals surface area contributed by atoms with Gasteiger partial charge < -0.3 is 20.4 Å². The standard InChI is InChI=1S/C15H28N4O2/c1-17(2)12-13(20)18-8-10-19(11-9-18)14(21)15(16)6-4-3-5-7-15/h3-12,16H2,1-2H3. The molecular formula is C15H28N4O2. The van der Waals surface area contributed by atoms with Crippen molar-refractivity contribution in [1.82, 2.24) is 14.7 Å². The Hall–Kier alpha value is -1.14. The van der Waals surface area contributed by atoms with E-state index in [1.807, 2.05) is 28.8 Å². The maximum atomic E-state index is 12.6. The van der Waals surface area contributed by atoms with Gasteiger partial charge in [0, 0.05) is 26.2 Å². The summed E-state index contributed by atoms with van der Waals surface area (Å²) in [7, 11) is 3.78. The van der Waals surface area contributed by atoms with Gasteiger partial charge in [-0.3, -0.25) is 9.59 Å². The average molecular weight is 296 g/mol. The van der Waals surface area contributed by atoms with Crippen molar-refractivity contribution in [1.29, 1.82) is 0 Å². The number of rotatable bonds is 3. The van der Waals surface area contributed by atoms with Gasteiger partial charge in [0.15, 0.2) is 0 Å². The SMILES string of the molecule is CN(C)CC(=O)N1CCN(C(=O)C2(N)CCCCC2)CC1. The van der Waals surface area contributed by atoms with Gasteiger partial charge in [-0.1, -0.05) is 19.3 Å². The van der Waals surface area contributed by atoms with Crippen molar-refractivity contribution in [2.75, 3.05) is 46.8 Å². The third kappa shape index (κ3) is 3.95. The topological polar surface area (TPSA) is 69.9 Å². The van der Waals surface area contributed by atoms with Gasteiger partial charge in [0.2, 0.25) is 11.8 Å². The molecule has 0 aromatic heterocycles. The monoisotopic (exact) mass is 296 g/mol. The van der Waals surface area contributed by atoms with Crippen molar-refractivity contribution in [2.45, 2.75) is 37.6 Å². The number of piperazine rings is 1. The number of amides is 2. The summed E-state index contributed by atoms with van der Waals surface area (Å²) >= 11 is 0. The molecule has 0 unspecified atom stereocenters. The molecule has 0 radical (unpaired) electrons. The maximum absolute atomic E-state index is 12.6. The highest BCUT2D eigenvalue weighted by Crippen LogP contribution is 2.28. The quantitative estimate of drug-likeness (QED) is 0.788. The number of nitrogens with two attached hydrogens (primary N) is 1. The lowest BCUT2D eigenvalue weighted by Gasteiger charge is -2.41. The molecule has 0 aromatic rings. The van der Waals surface area contributed by atoms with Gasteiger partial charge in [0.1, 0.15) is 0 Å². The Bertz CT molecular complexity index is 383. The maximum Gasteiger partial charge on any atom is 0.242 e. The Morgan fingerprint density at radius 2 is 1.52 bits per heavy atom. The van der Waals surface area contributed by atoms with Crippen LogP contribution in [0.5, 0.6) is 0 Å². The van der Waals surface area contributed by atoms with E-state index in [4.69, 9.17) is 5.73 Å². The second-order valence-corrected chi connectivity index (χ2v) is 6.63. The molecule has 1 aliphatic carbocycles. The molecule has 0 bridgehead atoms. The van der Waals surface area contributed by atoms with Crippen molar-refractivity contribution < 1.29 is 9.59 Å². The number of hydrogen-bond acceptors (Lipinski definition) is 4. The van der Waals surface area contributed by atoms with E-state index in [2.05, 4.69) is 0 Å². The third-order valence-electron chi connectivity index (χ3n) is 4.54. The van der Waals surface area contributed by atoms with E-state index in [9.17, 15) is 9.59 Å². The highest BCUT2D eigenvalue weighted by atomic mass is 16.2. The largest absolute Gasteiger partial charge is 0.338 e. The molecule has 1 saturated carbocycles. The number of carbonyl (C=O) groups is 2. The lowest BCUT2D eigenvalue weighted by atomic mass is 9.81. The molecule has 0 spiro atoms. The Balaban J connectivity index is 1.86. The summed E-state index contributed by atoms with van der Waals surface area (Å²) in [6, 6.07) is 0. The third-order valence-corrected chi connectivity index (χ3v) is 4.54. The summed E-state index contributed by atoms with van der Waals surface area (Å²) in [5.74, 6) is 0.217. The van der Waals surface area contributed by atoms with Crippen molar-refractivity contribution >= 4 is 11.8 Å². The van der Waals surface area contributed by atoms with E-state index in [1.165, 1.54) is 6.42 Å². The van der Waals surface area contributed by atoms with Crippen LogP contribution in [0, 0.1) is 0 Å². The predicted octanol–water partition coefficient (Wildman–Crippen LogP) is -0.120. The molecule has 2 N–H and O–H groups in total. The summed E-state index contributed by atoms with van der Waals surface area (Å²) in [5.41, 5.74) is 5.66. The molecule has 2 fully saturated rings. The Morgan fingerprint density at radius 1 is 1.00 bits per heavy atom. The van der Waals surface area contributed by atoms with Crippen molar-refractivity contribution in [3.63, 3.8) is 0 Å². The molecule has 0 atom stereocenters. The van der Waals surface area contributed by atoms with Crippen LogP contribution in [-0.4, -0.2) is 78.9 Å². The molecule has 6 heteroatoms. The molecular weight excluding hydrogens is 268 g/mol. The summed E-state index contributed by atoms with van der Waals surface area (Å²) in [5, 5.41) is 0. The minimum Gasteiger partial charge on any atom is -0.338 e. The fourth-order valence-corrected chi connectivity index (χ4v) is 3.24. The molecule has 6 nitrogen and oxygen atoms in total. The predicted molar refractivity (Wildman–Crippen MR) is 81.7 cm³/mol. The molecule has 1 aliphatic heterocycles.